The predicted molar refractivity (Wildman–Crippen MR) is 99.5 cm³/mol. The predicted octanol–water partition coefficient (Wildman–Crippen LogP) is 2.33. The van der Waals surface area contributed by atoms with Crippen molar-refractivity contribution in [2.24, 2.45) is 5.41 Å². The minimum Gasteiger partial charge on any atom is -0.384 e. The van der Waals surface area contributed by atoms with Crippen LogP contribution in [0.3, 0.4) is 0 Å². The Hall–Kier alpha value is -0.660. The summed E-state index contributed by atoms with van der Waals surface area (Å²) in [6.45, 7) is 8.46. The molecule has 0 atom stereocenters. The standard InChI is InChI=1S/C17H28N2O3S.ClH/c1-13-9-14(2)16(15(3)10-13)23(20,21)19-11-17(12-22-4)5-7-18-8-6-17;/h9-10,18-19H,5-8,11-12H2,1-4H3;1H. The Labute approximate surface area is 152 Å². The van der Waals surface area contributed by atoms with Gasteiger partial charge in [-0.15, -0.1) is 12.4 Å². The number of hydrogen-bond donors (Lipinski definition) is 2. The van der Waals surface area contributed by atoms with Crippen molar-refractivity contribution >= 4 is 22.4 Å². The smallest absolute Gasteiger partial charge is 0.241 e. The molecule has 1 heterocycles. The van der Waals surface area contributed by atoms with Gasteiger partial charge < -0.3 is 10.1 Å². The maximum absolute atomic E-state index is 12.8. The van der Waals surface area contributed by atoms with Gasteiger partial charge in [0.15, 0.2) is 0 Å². The number of sulfonamides is 1. The summed E-state index contributed by atoms with van der Waals surface area (Å²) >= 11 is 0. The number of aryl methyl sites for hydroxylation is 3. The van der Waals surface area contributed by atoms with Crippen LogP contribution in [-0.2, 0) is 14.8 Å². The molecule has 24 heavy (non-hydrogen) atoms. The lowest BCUT2D eigenvalue weighted by atomic mass is 9.80. The molecule has 2 N–H and O–H groups in total. The van der Waals surface area contributed by atoms with Crippen molar-refractivity contribution in [3.05, 3.63) is 28.8 Å². The Morgan fingerprint density at radius 2 is 1.71 bits per heavy atom. The number of nitrogens with one attached hydrogen (secondary N) is 2. The highest BCUT2D eigenvalue weighted by molar-refractivity contribution is 7.89. The Kier molecular flexibility index (Phi) is 7.69. The molecule has 2 rings (SSSR count). The van der Waals surface area contributed by atoms with Crippen LogP contribution >= 0.6 is 12.4 Å². The summed E-state index contributed by atoms with van der Waals surface area (Å²) in [5, 5.41) is 3.32. The highest BCUT2D eigenvalue weighted by Gasteiger charge is 2.34. The molecular weight excluding hydrogens is 348 g/mol. The number of rotatable bonds is 6. The van der Waals surface area contributed by atoms with Gasteiger partial charge in [-0.3, -0.25) is 0 Å². The second-order valence-electron chi connectivity index (χ2n) is 6.74. The fraction of sp³-hybridized carbons (Fsp3) is 0.647. The number of hydrogen-bond acceptors (Lipinski definition) is 4. The van der Waals surface area contributed by atoms with E-state index >= 15 is 0 Å². The summed E-state index contributed by atoms with van der Waals surface area (Å²) in [6.07, 6.45) is 1.82. The van der Waals surface area contributed by atoms with Crippen LogP contribution in [0.5, 0.6) is 0 Å². The van der Waals surface area contributed by atoms with E-state index in [4.69, 9.17) is 4.74 Å². The van der Waals surface area contributed by atoms with E-state index < -0.39 is 10.0 Å². The molecule has 7 heteroatoms. The van der Waals surface area contributed by atoms with Gasteiger partial charge in [0.1, 0.15) is 0 Å². The first kappa shape index (κ1) is 21.4. The maximum Gasteiger partial charge on any atom is 0.241 e. The van der Waals surface area contributed by atoms with Crippen molar-refractivity contribution in [1.29, 1.82) is 0 Å². The minimum atomic E-state index is -3.52. The lowest BCUT2D eigenvalue weighted by Crippen LogP contribution is -2.47. The van der Waals surface area contributed by atoms with E-state index in [9.17, 15) is 8.42 Å². The van der Waals surface area contributed by atoms with Crippen LogP contribution in [0.4, 0.5) is 0 Å². The van der Waals surface area contributed by atoms with Crippen LogP contribution in [0.1, 0.15) is 29.5 Å². The van der Waals surface area contributed by atoms with E-state index in [-0.39, 0.29) is 17.8 Å². The Morgan fingerprint density at radius 3 is 2.21 bits per heavy atom. The van der Waals surface area contributed by atoms with Crippen LogP contribution in [0.15, 0.2) is 17.0 Å². The molecule has 138 valence electrons. The third-order valence-corrected chi connectivity index (χ3v) is 6.33. The van der Waals surface area contributed by atoms with Gasteiger partial charge in [-0.25, -0.2) is 13.1 Å². The Morgan fingerprint density at radius 1 is 1.17 bits per heavy atom. The third-order valence-electron chi connectivity index (χ3n) is 4.63. The normalized spacial score (nSPS) is 17.3. The summed E-state index contributed by atoms with van der Waals surface area (Å²) in [6, 6.07) is 3.83. The molecule has 1 aliphatic heterocycles. The van der Waals surface area contributed by atoms with Gasteiger partial charge in [0.05, 0.1) is 11.5 Å². The zero-order valence-electron chi connectivity index (χ0n) is 14.9. The van der Waals surface area contributed by atoms with E-state index in [1.807, 2.05) is 32.9 Å². The fourth-order valence-corrected chi connectivity index (χ4v) is 5.15. The first-order chi connectivity index (χ1) is 10.8. The number of ether oxygens (including phenoxy) is 1. The van der Waals surface area contributed by atoms with Gasteiger partial charge in [0, 0.05) is 19.1 Å². The molecule has 1 aliphatic rings. The summed E-state index contributed by atoms with van der Waals surface area (Å²) in [5.41, 5.74) is 2.54. The maximum atomic E-state index is 12.8. The van der Waals surface area contributed by atoms with Crippen molar-refractivity contribution in [3.63, 3.8) is 0 Å². The van der Waals surface area contributed by atoms with Crippen LogP contribution in [0.2, 0.25) is 0 Å². The van der Waals surface area contributed by atoms with Crippen LogP contribution in [0.25, 0.3) is 0 Å². The van der Waals surface area contributed by atoms with E-state index in [1.165, 1.54) is 0 Å². The van der Waals surface area contributed by atoms with Crippen molar-refractivity contribution in [2.75, 3.05) is 33.4 Å². The van der Waals surface area contributed by atoms with Gasteiger partial charge in [0.25, 0.3) is 0 Å². The molecule has 0 aliphatic carbocycles. The van der Waals surface area contributed by atoms with Crippen LogP contribution in [-0.4, -0.2) is 41.8 Å². The SMILES string of the molecule is COCC1(CNS(=O)(=O)c2c(C)cc(C)cc2C)CCNCC1.Cl. The summed E-state index contributed by atoms with van der Waals surface area (Å²) in [7, 11) is -1.85. The number of piperidine rings is 1. The lowest BCUT2D eigenvalue weighted by Gasteiger charge is -2.37. The molecule has 0 amide bonds. The average Bonchev–Trinajstić information content (AvgIpc) is 2.45. The summed E-state index contributed by atoms with van der Waals surface area (Å²) in [5.74, 6) is 0. The average molecular weight is 377 g/mol. The van der Waals surface area contributed by atoms with E-state index in [0.29, 0.717) is 18.0 Å². The van der Waals surface area contributed by atoms with Gasteiger partial charge in [0.2, 0.25) is 10.0 Å². The monoisotopic (exact) mass is 376 g/mol. The molecule has 0 bridgehead atoms. The zero-order valence-corrected chi connectivity index (χ0v) is 16.6. The second kappa shape index (κ2) is 8.63. The molecule has 0 radical (unpaired) electrons. The summed E-state index contributed by atoms with van der Waals surface area (Å²) in [4.78, 5) is 0.407. The molecule has 1 saturated heterocycles. The topological polar surface area (TPSA) is 67.4 Å². The number of halogens is 1. The highest BCUT2D eigenvalue weighted by atomic mass is 35.5. The third kappa shape index (κ3) is 4.92. The van der Waals surface area contributed by atoms with Crippen molar-refractivity contribution in [1.82, 2.24) is 10.0 Å². The van der Waals surface area contributed by atoms with Gasteiger partial charge in [-0.1, -0.05) is 17.7 Å². The molecule has 0 aromatic heterocycles. The number of benzene rings is 1. The fourth-order valence-electron chi connectivity index (χ4n) is 3.55. The van der Waals surface area contributed by atoms with E-state index in [1.54, 1.807) is 7.11 Å². The molecule has 5 nitrogen and oxygen atoms in total. The molecule has 1 aromatic carbocycles. The molecule has 0 spiro atoms. The first-order valence-electron chi connectivity index (χ1n) is 8.07. The molecule has 1 aromatic rings. The lowest BCUT2D eigenvalue weighted by molar-refractivity contribution is 0.0577. The van der Waals surface area contributed by atoms with Gasteiger partial charge in [-0.05, 0) is 57.8 Å². The number of methoxy groups -OCH3 is 1. The van der Waals surface area contributed by atoms with Gasteiger partial charge >= 0.3 is 0 Å². The van der Waals surface area contributed by atoms with Crippen LogP contribution in [0, 0.1) is 26.2 Å². The molecular formula is C17H29ClN2O3S. The Balaban J connectivity index is 0.00000288. The largest absolute Gasteiger partial charge is 0.384 e. The quantitative estimate of drug-likeness (QED) is 0.799. The minimum absolute atomic E-state index is 0. The highest BCUT2D eigenvalue weighted by Crippen LogP contribution is 2.29. The zero-order chi connectivity index (χ0) is 17.1. The van der Waals surface area contributed by atoms with Crippen molar-refractivity contribution in [2.45, 2.75) is 38.5 Å². The van der Waals surface area contributed by atoms with Crippen molar-refractivity contribution < 1.29 is 13.2 Å². The summed E-state index contributed by atoms with van der Waals surface area (Å²) < 4.78 is 33.8. The van der Waals surface area contributed by atoms with Gasteiger partial charge in [-0.2, -0.15) is 0 Å². The molecule has 0 unspecified atom stereocenters. The van der Waals surface area contributed by atoms with Crippen molar-refractivity contribution in [3.8, 4) is 0 Å². The van der Waals surface area contributed by atoms with E-state index in [2.05, 4.69) is 10.0 Å². The molecule has 0 saturated carbocycles. The Bertz CT molecular complexity index is 627. The first-order valence-corrected chi connectivity index (χ1v) is 9.55. The molecule has 1 fully saturated rings. The second-order valence-corrected chi connectivity index (χ2v) is 8.44. The van der Waals surface area contributed by atoms with E-state index in [0.717, 1.165) is 42.6 Å². The van der Waals surface area contributed by atoms with Crippen LogP contribution < -0.4 is 10.0 Å².